The van der Waals surface area contributed by atoms with Gasteiger partial charge in [0.1, 0.15) is 0 Å². The summed E-state index contributed by atoms with van der Waals surface area (Å²) >= 11 is -2.16. The molecule has 1 aromatic carbocycles. The van der Waals surface area contributed by atoms with Crippen molar-refractivity contribution < 1.29 is 18.2 Å². The fraction of sp³-hybridized carbons (Fsp3) is 0.455. The van der Waals surface area contributed by atoms with Crippen LogP contribution in [0, 0.1) is 0 Å². The number of hydrogen-bond donors (Lipinski definition) is 1. The second-order valence-electron chi connectivity index (χ2n) is 3.42. The minimum absolute atomic E-state index is 0.113. The highest BCUT2D eigenvalue weighted by Crippen LogP contribution is 2.29. The molecule has 0 heterocycles. The van der Waals surface area contributed by atoms with E-state index in [0.29, 0.717) is 23.7 Å². The third-order valence-corrected chi connectivity index (χ3v) is 2.86. The molecule has 96 valence electrons. The van der Waals surface area contributed by atoms with Gasteiger partial charge in [0.2, 0.25) is 0 Å². The van der Waals surface area contributed by atoms with E-state index in [-0.39, 0.29) is 5.75 Å². The van der Waals surface area contributed by atoms with Gasteiger partial charge in [-0.3, -0.25) is 4.21 Å². The maximum Gasteiger partial charge on any atom is 0.161 e. The molecular weight excluding hydrogens is 242 g/mol. The van der Waals surface area contributed by atoms with E-state index in [9.17, 15) is 8.76 Å². The third kappa shape index (κ3) is 3.99. The van der Waals surface area contributed by atoms with Crippen molar-refractivity contribution in [3.8, 4) is 11.5 Å². The molecule has 5 nitrogen and oxygen atoms in total. The number of methoxy groups -OCH3 is 1. The molecule has 0 saturated heterocycles. The molecule has 0 saturated carbocycles. The summed E-state index contributed by atoms with van der Waals surface area (Å²) in [5.41, 5.74) is 6.47. The molecule has 6 heteroatoms. The average Bonchev–Trinajstić information content (AvgIpc) is 2.28. The van der Waals surface area contributed by atoms with E-state index >= 15 is 0 Å². The first-order valence-corrected chi connectivity index (χ1v) is 6.45. The van der Waals surface area contributed by atoms with Crippen LogP contribution < -0.4 is 15.2 Å². The van der Waals surface area contributed by atoms with Gasteiger partial charge in [-0.2, -0.15) is 0 Å². The van der Waals surface area contributed by atoms with Crippen molar-refractivity contribution in [3.05, 3.63) is 23.8 Å². The smallest absolute Gasteiger partial charge is 0.161 e. The maximum absolute atomic E-state index is 10.6. The topological polar surface area (TPSA) is 84.6 Å². The van der Waals surface area contributed by atoms with Crippen molar-refractivity contribution in [2.24, 2.45) is 5.73 Å². The monoisotopic (exact) mass is 258 g/mol. The van der Waals surface area contributed by atoms with Crippen molar-refractivity contribution in [1.29, 1.82) is 0 Å². The van der Waals surface area contributed by atoms with Crippen molar-refractivity contribution in [1.82, 2.24) is 0 Å². The summed E-state index contributed by atoms with van der Waals surface area (Å²) in [5, 5.41) is 0. The van der Waals surface area contributed by atoms with E-state index in [1.54, 1.807) is 25.3 Å². The van der Waals surface area contributed by atoms with Crippen molar-refractivity contribution in [2.45, 2.75) is 13.0 Å². The van der Waals surface area contributed by atoms with Gasteiger partial charge < -0.3 is 19.8 Å². The normalized spacial score (nSPS) is 14.1. The summed E-state index contributed by atoms with van der Waals surface area (Å²) in [7, 11) is 1.55. The first kappa shape index (κ1) is 14.0. The van der Waals surface area contributed by atoms with Gasteiger partial charge in [-0.25, -0.2) is 0 Å². The van der Waals surface area contributed by atoms with Crippen LogP contribution in [-0.2, 0) is 11.1 Å². The quantitative estimate of drug-likeness (QED) is 0.769. The van der Waals surface area contributed by atoms with Crippen LogP contribution in [0.5, 0.6) is 11.5 Å². The molecule has 2 atom stereocenters. The number of benzene rings is 1. The first-order valence-electron chi connectivity index (χ1n) is 5.20. The highest BCUT2D eigenvalue weighted by atomic mass is 32.2. The van der Waals surface area contributed by atoms with Gasteiger partial charge in [0.25, 0.3) is 0 Å². The van der Waals surface area contributed by atoms with Crippen LogP contribution in [0.4, 0.5) is 0 Å². The lowest BCUT2D eigenvalue weighted by atomic mass is 10.1. The Labute approximate surface area is 103 Å². The van der Waals surface area contributed by atoms with Gasteiger partial charge in [-0.1, -0.05) is 17.1 Å². The molecule has 1 unspecified atom stereocenters. The molecule has 0 aliphatic heterocycles. The van der Waals surface area contributed by atoms with E-state index in [0.717, 1.165) is 0 Å². The molecule has 0 radical (unpaired) electrons. The molecule has 0 bridgehead atoms. The number of hydrogen-bond acceptors (Lipinski definition) is 5. The second kappa shape index (κ2) is 6.58. The Morgan fingerprint density at radius 1 is 1.47 bits per heavy atom. The fourth-order valence-electron chi connectivity index (χ4n) is 1.44. The van der Waals surface area contributed by atoms with Gasteiger partial charge >= 0.3 is 0 Å². The van der Waals surface area contributed by atoms with Crippen LogP contribution in [-0.4, -0.2) is 28.2 Å². The summed E-state index contributed by atoms with van der Waals surface area (Å²) in [6.07, 6.45) is 0. The van der Waals surface area contributed by atoms with E-state index in [1.807, 2.05) is 6.92 Å². The standard InChI is InChI=1S/C11H17NO4S/c1-3-16-11-6-8(4-5-10(11)15-2)9(12)7-17(13)14/h4-6,9H,3,7,12H2,1-2H3,(H,13,14)/p-1/t9-/m0/s1. The third-order valence-electron chi connectivity index (χ3n) is 2.23. The van der Waals surface area contributed by atoms with E-state index < -0.39 is 17.1 Å². The lowest BCUT2D eigenvalue weighted by Gasteiger charge is -2.16. The van der Waals surface area contributed by atoms with Crippen molar-refractivity contribution >= 4 is 11.1 Å². The minimum Gasteiger partial charge on any atom is -0.772 e. The van der Waals surface area contributed by atoms with E-state index in [2.05, 4.69) is 0 Å². The Morgan fingerprint density at radius 2 is 2.18 bits per heavy atom. The number of nitrogens with two attached hydrogens (primary N) is 1. The lowest BCUT2D eigenvalue weighted by molar-refractivity contribution is 0.310. The Morgan fingerprint density at radius 3 is 2.71 bits per heavy atom. The van der Waals surface area contributed by atoms with Gasteiger partial charge in [0, 0.05) is 11.8 Å². The van der Waals surface area contributed by atoms with Gasteiger partial charge in [-0.15, -0.1) is 0 Å². The fourth-order valence-corrected chi connectivity index (χ4v) is 1.92. The second-order valence-corrected chi connectivity index (χ2v) is 4.36. The Bertz CT molecular complexity index is 397. The summed E-state index contributed by atoms with van der Waals surface area (Å²) in [5.74, 6) is 1.06. The largest absolute Gasteiger partial charge is 0.772 e. The summed E-state index contributed by atoms with van der Waals surface area (Å²) < 4.78 is 31.7. The maximum atomic E-state index is 10.6. The zero-order chi connectivity index (χ0) is 12.8. The summed E-state index contributed by atoms with van der Waals surface area (Å²) in [6.45, 7) is 2.36. The molecular formula is C11H16NO4S-. The zero-order valence-electron chi connectivity index (χ0n) is 9.84. The van der Waals surface area contributed by atoms with Crippen LogP contribution in [0.2, 0.25) is 0 Å². The molecule has 0 amide bonds. The molecule has 0 fully saturated rings. The van der Waals surface area contributed by atoms with Crippen LogP contribution in [0.15, 0.2) is 18.2 Å². The number of rotatable bonds is 6. The molecule has 0 aliphatic carbocycles. The highest BCUT2D eigenvalue weighted by molar-refractivity contribution is 7.79. The molecule has 0 spiro atoms. The molecule has 1 aromatic rings. The van der Waals surface area contributed by atoms with Crippen LogP contribution in [0.25, 0.3) is 0 Å². The van der Waals surface area contributed by atoms with Gasteiger partial charge in [0.05, 0.1) is 13.7 Å². The van der Waals surface area contributed by atoms with E-state index in [1.165, 1.54) is 0 Å². The van der Waals surface area contributed by atoms with Crippen LogP contribution in [0.3, 0.4) is 0 Å². The Hall–Kier alpha value is -1.11. The summed E-state index contributed by atoms with van der Waals surface area (Å²) in [4.78, 5) is 0. The lowest BCUT2D eigenvalue weighted by Crippen LogP contribution is -2.18. The van der Waals surface area contributed by atoms with Crippen LogP contribution >= 0.6 is 0 Å². The molecule has 17 heavy (non-hydrogen) atoms. The molecule has 2 N–H and O–H groups in total. The molecule has 0 aliphatic rings. The SMILES string of the molecule is CCOc1cc([C@@H](N)CS(=O)[O-])ccc1OC. The predicted octanol–water partition coefficient (Wildman–Crippen LogP) is 0.973. The van der Waals surface area contributed by atoms with Crippen LogP contribution in [0.1, 0.15) is 18.5 Å². The average molecular weight is 258 g/mol. The van der Waals surface area contributed by atoms with Gasteiger partial charge in [-0.05, 0) is 24.6 Å². The minimum atomic E-state index is -2.16. The Balaban J connectivity index is 2.94. The number of ether oxygens (including phenoxy) is 2. The highest BCUT2D eigenvalue weighted by Gasteiger charge is 2.10. The van der Waals surface area contributed by atoms with Crippen molar-refractivity contribution in [2.75, 3.05) is 19.5 Å². The molecule has 0 aromatic heterocycles. The molecule has 1 rings (SSSR count). The van der Waals surface area contributed by atoms with E-state index in [4.69, 9.17) is 15.2 Å². The van der Waals surface area contributed by atoms with Gasteiger partial charge in [0.15, 0.2) is 11.5 Å². The Kier molecular flexibility index (Phi) is 5.40. The predicted molar refractivity (Wildman–Crippen MR) is 64.9 cm³/mol. The first-order chi connectivity index (χ1) is 8.08. The van der Waals surface area contributed by atoms with Crippen molar-refractivity contribution in [3.63, 3.8) is 0 Å². The summed E-state index contributed by atoms with van der Waals surface area (Å²) in [6, 6.07) is 4.60. The zero-order valence-corrected chi connectivity index (χ0v) is 10.7.